The average Bonchev–Trinajstić information content (AvgIpc) is 2.23. The van der Waals surface area contributed by atoms with Crippen molar-refractivity contribution in [2.45, 2.75) is 33.2 Å². The van der Waals surface area contributed by atoms with Crippen molar-refractivity contribution in [2.75, 3.05) is 19.6 Å². The maximum Gasteiger partial charge on any atom is 0.320 e. The van der Waals surface area contributed by atoms with Crippen LogP contribution in [0, 0.1) is 11.8 Å². The predicted octanol–water partition coefficient (Wildman–Crippen LogP) is 0.554. The molecule has 1 aliphatic rings. The fourth-order valence-electron chi connectivity index (χ4n) is 2.31. The first-order valence-electron chi connectivity index (χ1n) is 6.14. The summed E-state index contributed by atoms with van der Waals surface area (Å²) >= 11 is 0. The highest BCUT2D eigenvalue weighted by atomic mass is 16.4. The number of rotatable bonds is 4. The van der Waals surface area contributed by atoms with Crippen molar-refractivity contribution in [2.24, 2.45) is 11.8 Å². The van der Waals surface area contributed by atoms with Crippen molar-refractivity contribution in [1.82, 2.24) is 10.2 Å². The van der Waals surface area contributed by atoms with E-state index in [1.54, 1.807) is 0 Å². The number of carbonyl (C=O) groups is 2. The Bertz CT molecular complexity index is 283. The number of carboxylic acids is 1. The van der Waals surface area contributed by atoms with Crippen molar-refractivity contribution in [1.29, 1.82) is 0 Å². The number of nitrogens with zero attached hydrogens (tertiary/aromatic N) is 1. The molecule has 5 nitrogen and oxygen atoms in total. The van der Waals surface area contributed by atoms with Crippen molar-refractivity contribution in [3.63, 3.8) is 0 Å². The van der Waals surface area contributed by atoms with Gasteiger partial charge in [-0.3, -0.25) is 14.9 Å². The van der Waals surface area contributed by atoms with Gasteiger partial charge in [-0.05, 0) is 25.2 Å². The Balaban J connectivity index is 2.39. The molecule has 0 aliphatic carbocycles. The molecule has 0 aromatic rings. The molecule has 0 aromatic carbocycles. The lowest BCUT2D eigenvalue weighted by molar-refractivity contribution is -0.139. The molecule has 2 N–H and O–H groups in total. The first kappa shape index (κ1) is 14.0. The van der Waals surface area contributed by atoms with Crippen LogP contribution in [-0.2, 0) is 9.59 Å². The summed E-state index contributed by atoms with van der Waals surface area (Å²) in [5.74, 6) is 0.119. The first-order valence-corrected chi connectivity index (χ1v) is 6.14. The van der Waals surface area contributed by atoms with Gasteiger partial charge in [-0.1, -0.05) is 13.8 Å². The Morgan fingerprint density at radius 1 is 1.35 bits per heavy atom. The minimum Gasteiger partial charge on any atom is -0.480 e. The van der Waals surface area contributed by atoms with Crippen LogP contribution in [0.15, 0.2) is 0 Å². The fourth-order valence-corrected chi connectivity index (χ4v) is 2.31. The third kappa shape index (κ3) is 4.34. The summed E-state index contributed by atoms with van der Waals surface area (Å²) in [6.45, 7) is 7.50. The molecule has 0 spiro atoms. The Morgan fingerprint density at radius 2 is 1.88 bits per heavy atom. The molecule has 1 rings (SSSR count). The lowest BCUT2D eigenvalue weighted by atomic mass is 9.92. The van der Waals surface area contributed by atoms with E-state index in [0.717, 1.165) is 19.5 Å². The van der Waals surface area contributed by atoms with Crippen LogP contribution in [0.1, 0.15) is 27.2 Å². The summed E-state index contributed by atoms with van der Waals surface area (Å²) in [4.78, 5) is 24.3. The molecule has 0 aromatic heterocycles. The fraction of sp³-hybridized carbons (Fsp3) is 0.833. The molecule has 3 atom stereocenters. The highest BCUT2D eigenvalue weighted by Gasteiger charge is 2.25. The number of hydrogen-bond donors (Lipinski definition) is 2. The number of piperidine rings is 1. The number of nitrogens with one attached hydrogen (secondary N) is 1. The topological polar surface area (TPSA) is 69.6 Å². The lowest BCUT2D eigenvalue weighted by Crippen LogP contribution is -2.48. The average molecular weight is 242 g/mol. The number of aliphatic carboxylic acids is 1. The molecule has 1 fully saturated rings. The molecule has 17 heavy (non-hydrogen) atoms. The first-order chi connectivity index (χ1) is 7.90. The molecule has 0 bridgehead atoms. The molecular weight excluding hydrogens is 220 g/mol. The zero-order chi connectivity index (χ0) is 13.0. The van der Waals surface area contributed by atoms with Gasteiger partial charge in [0.05, 0.1) is 6.54 Å². The molecule has 1 aliphatic heterocycles. The van der Waals surface area contributed by atoms with Crippen LogP contribution in [0.5, 0.6) is 0 Å². The van der Waals surface area contributed by atoms with E-state index in [2.05, 4.69) is 19.2 Å². The summed E-state index contributed by atoms with van der Waals surface area (Å²) in [7, 11) is 0. The Kier molecular flexibility index (Phi) is 4.93. The van der Waals surface area contributed by atoms with E-state index in [1.807, 2.05) is 4.90 Å². The van der Waals surface area contributed by atoms with Crippen molar-refractivity contribution >= 4 is 11.9 Å². The normalized spacial score (nSPS) is 26.6. The van der Waals surface area contributed by atoms with Crippen LogP contribution in [0.3, 0.4) is 0 Å². The van der Waals surface area contributed by atoms with Crippen LogP contribution in [0.2, 0.25) is 0 Å². The highest BCUT2D eigenvalue weighted by molar-refractivity contribution is 5.80. The smallest absolute Gasteiger partial charge is 0.320 e. The Labute approximate surface area is 102 Å². The minimum atomic E-state index is -0.932. The van der Waals surface area contributed by atoms with Crippen LogP contribution >= 0.6 is 0 Å². The Hall–Kier alpha value is -1.10. The third-order valence-corrected chi connectivity index (χ3v) is 3.15. The summed E-state index contributed by atoms with van der Waals surface area (Å²) in [5, 5.41) is 11.4. The Morgan fingerprint density at radius 3 is 2.35 bits per heavy atom. The number of carbonyl (C=O) groups excluding carboxylic acids is 1. The SMILES string of the molecule is CC1CC(C)CN(C(=O)CN[C@@H](C)C(=O)O)C1. The number of hydrogen-bond acceptors (Lipinski definition) is 3. The van der Waals surface area contributed by atoms with E-state index >= 15 is 0 Å². The second-order valence-corrected chi connectivity index (χ2v) is 5.19. The second kappa shape index (κ2) is 6.00. The highest BCUT2D eigenvalue weighted by Crippen LogP contribution is 2.20. The molecule has 1 heterocycles. The molecule has 0 saturated carbocycles. The quantitative estimate of drug-likeness (QED) is 0.755. The van der Waals surface area contributed by atoms with E-state index in [9.17, 15) is 9.59 Å². The monoisotopic (exact) mass is 242 g/mol. The van der Waals surface area contributed by atoms with Gasteiger partial charge in [0, 0.05) is 13.1 Å². The molecule has 0 radical (unpaired) electrons. The maximum absolute atomic E-state index is 11.9. The zero-order valence-corrected chi connectivity index (χ0v) is 10.8. The second-order valence-electron chi connectivity index (χ2n) is 5.19. The molecule has 2 unspecified atom stereocenters. The van der Waals surface area contributed by atoms with Crippen molar-refractivity contribution < 1.29 is 14.7 Å². The van der Waals surface area contributed by atoms with E-state index in [4.69, 9.17) is 5.11 Å². The summed E-state index contributed by atoms with van der Waals surface area (Å²) < 4.78 is 0. The van der Waals surface area contributed by atoms with E-state index in [1.165, 1.54) is 6.92 Å². The van der Waals surface area contributed by atoms with Crippen LogP contribution in [0.4, 0.5) is 0 Å². The molecule has 1 amide bonds. The van der Waals surface area contributed by atoms with Gasteiger partial charge < -0.3 is 10.0 Å². The van der Waals surface area contributed by atoms with E-state index in [0.29, 0.717) is 11.8 Å². The van der Waals surface area contributed by atoms with Crippen molar-refractivity contribution in [3.05, 3.63) is 0 Å². The zero-order valence-electron chi connectivity index (χ0n) is 10.8. The maximum atomic E-state index is 11.9. The minimum absolute atomic E-state index is 0.00324. The van der Waals surface area contributed by atoms with Gasteiger partial charge in [0.25, 0.3) is 0 Å². The number of carboxylic acid groups (broad SMARTS) is 1. The van der Waals surface area contributed by atoms with E-state index in [-0.39, 0.29) is 12.5 Å². The molecule has 1 saturated heterocycles. The van der Waals surface area contributed by atoms with Crippen LogP contribution < -0.4 is 5.32 Å². The van der Waals surface area contributed by atoms with Gasteiger partial charge in [0.2, 0.25) is 5.91 Å². The molecule has 98 valence electrons. The molecular formula is C12H22N2O3. The third-order valence-electron chi connectivity index (χ3n) is 3.15. The summed E-state index contributed by atoms with van der Waals surface area (Å²) in [6, 6.07) is -0.682. The summed E-state index contributed by atoms with van der Waals surface area (Å²) in [5.41, 5.74) is 0. The summed E-state index contributed by atoms with van der Waals surface area (Å²) in [6.07, 6.45) is 1.16. The van der Waals surface area contributed by atoms with Gasteiger partial charge >= 0.3 is 5.97 Å². The van der Waals surface area contributed by atoms with Crippen LogP contribution in [-0.4, -0.2) is 47.6 Å². The number of likely N-dealkylation sites (tertiary alicyclic amines) is 1. The van der Waals surface area contributed by atoms with Gasteiger partial charge in [-0.2, -0.15) is 0 Å². The largest absolute Gasteiger partial charge is 0.480 e. The van der Waals surface area contributed by atoms with Gasteiger partial charge in [0.15, 0.2) is 0 Å². The van der Waals surface area contributed by atoms with Gasteiger partial charge in [-0.15, -0.1) is 0 Å². The standard InChI is InChI=1S/C12H22N2O3/c1-8-4-9(2)7-14(6-8)11(15)5-13-10(3)12(16)17/h8-10,13H,4-7H2,1-3H3,(H,16,17)/t8?,9?,10-/m0/s1. The predicted molar refractivity (Wildman–Crippen MR) is 64.6 cm³/mol. The number of amides is 1. The van der Waals surface area contributed by atoms with Gasteiger partial charge in [-0.25, -0.2) is 0 Å². The van der Waals surface area contributed by atoms with E-state index < -0.39 is 12.0 Å². The molecule has 5 heteroatoms. The van der Waals surface area contributed by atoms with Gasteiger partial charge in [0.1, 0.15) is 6.04 Å². The lowest BCUT2D eigenvalue weighted by Gasteiger charge is -2.35. The van der Waals surface area contributed by atoms with Crippen molar-refractivity contribution in [3.8, 4) is 0 Å². The van der Waals surface area contributed by atoms with Crippen LogP contribution in [0.25, 0.3) is 0 Å².